The molecular formula is C11H13BO2. The summed E-state index contributed by atoms with van der Waals surface area (Å²) in [5, 5.41) is 0. The van der Waals surface area contributed by atoms with Crippen molar-refractivity contribution in [2.75, 3.05) is 6.61 Å². The van der Waals surface area contributed by atoms with E-state index in [0.29, 0.717) is 6.61 Å². The Morgan fingerprint density at radius 1 is 1.43 bits per heavy atom. The van der Waals surface area contributed by atoms with Crippen LogP contribution in [0.3, 0.4) is 0 Å². The van der Waals surface area contributed by atoms with Gasteiger partial charge in [-0.05, 0) is 17.9 Å². The highest BCUT2D eigenvalue weighted by molar-refractivity contribution is 6.61. The lowest BCUT2D eigenvalue weighted by Crippen LogP contribution is -2.31. The molecule has 0 saturated carbocycles. The summed E-state index contributed by atoms with van der Waals surface area (Å²) in [5.41, 5.74) is 2.18. The van der Waals surface area contributed by atoms with Crippen molar-refractivity contribution in [3.63, 3.8) is 0 Å². The van der Waals surface area contributed by atoms with Crippen molar-refractivity contribution < 1.29 is 9.31 Å². The highest BCUT2D eigenvalue weighted by Gasteiger charge is 2.30. The summed E-state index contributed by atoms with van der Waals surface area (Å²) in [6.07, 6.45) is 2.02. The normalized spacial score (nSPS) is 21.2. The molecule has 0 aliphatic carbocycles. The molecule has 0 amide bonds. The standard InChI is InChI=1S/C11H13BO2/c1-3-10-4-6-11(7-5-10)12-13-8-9(2)14-12/h3-7,9H,1,8H2,2H3. The first-order chi connectivity index (χ1) is 6.79. The smallest absolute Gasteiger partial charge is 0.405 e. The van der Waals surface area contributed by atoms with Crippen LogP contribution in [0.5, 0.6) is 0 Å². The second-order valence-electron chi connectivity index (χ2n) is 3.48. The summed E-state index contributed by atoms with van der Waals surface area (Å²) in [6.45, 7) is 6.39. The van der Waals surface area contributed by atoms with Crippen LogP contribution in [0.2, 0.25) is 0 Å². The molecule has 0 bridgehead atoms. The molecular weight excluding hydrogens is 175 g/mol. The largest absolute Gasteiger partial charge is 0.494 e. The van der Waals surface area contributed by atoms with Crippen LogP contribution < -0.4 is 5.46 Å². The Morgan fingerprint density at radius 3 is 2.64 bits per heavy atom. The van der Waals surface area contributed by atoms with Crippen molar-refractivity contribution in [3.05, 3.63) is 36.4 Å². The molecule has 14 heavy (non-hydrogen) atoms. The van der Waals surface area contributed by atoms with Gasteiger partial charge in [0.25, 0.3) is 0 Å². The van der Waals surface area contributed by atoms with Gasteiger partial charge in [-0.2, -0.15) is 0 Å². The fourth-order valence-corrected chi connectivity index (χ4v) is 1.48. The van der Waals surface area contributed by atoms with Crippen LogP contribution in [-0.4, -0.2) is 19.8 Å². The first kappa shape index (κ1) is 9.50. The Balaban J connectivity index is 2.13. The van der Waals surface area contributed by atoms with E-state index in [2.05, 4.69) is 6.58 Å². The molecule has 1 saturated heterocycles. The van der Waals surface area contributed by atoms with E-state index in [0.717, 1.165) is 11.0 Å². The third-order valence-electron chi connectivity index (χ3n) is 2.28. The summed E-state index contributed by atoms with van der Waals surface area (Å²) in [6, 6.07) is 8.05. The Bertz CT molecular complexity index is 321. The predicted octanol–water partition coefficient (Wildman–Crippen LogP) is 1.46. The maximum absolute atomic E-state index is 5.57. The third-order valence-corrected chi connectivity index (χ3v) is 2.28. The maximum atomic E-state index is 5.57. The summed E-state index contributed by atoms with van der Waals surface area (Å²) < 4.78 is 11.0. The molecule has 1 fully saturated rings. The van der Waals surface area contributed by atoms with Gasteiger partial charge >= 0.3 is 7.12 Å². The summed E-state index contributed by atoms with van der Waals surface area (Å²) >= 11 is 0. The van der Waals surface area contributed by atoms with Gasteiger partial charge in [0.05, 0.1) is 12.7 Å². The Hall–Kier alpha value is -1.06. The molecule has 2 rings (SSSR count). The molecule has 1 heterocycles. The van der Waals surface area contributed by atoms with E-state index < -0.39 is 0 Å². The van der Waals surface area contributed by atoms with Crippen LogP contribution in [0.1, 0.15) is 12.5 Å². The maximum Gasteiger partial charge on any atom is 0.494 e. The van der Waals surface area contributed by atoms with Crippen LogP contribution in [0, 0.1) is 0 Å². The number of hydrogen-bond acceptors (Lipinski definition) is 2. The van der Waals surface area contributed by atoms with Crippen molar-refractivity contribution >= 4 is 18.7 Å². The van der Waals surface area contributed by atoms with Gasteiger partial charge in [0, 0.05) is 0 Å². The molecule has 1 aliphatic rings. The van der Waals surface area contributed by atoms with Gasteiger partial charge in [-0.15, -0.1) is 0 Å². The highest BCUT2D eigenvalue weighted by atomic mass is 16.6. The van der Waals surface area contributed by atoms with Gasteiger partial charge in [0.2, 0.25) is 0 Å². The molecule has 1 unspecified atom stereocenters. The van der Waals surface area contributed by atoms with E-state index in [1.165, 1.54) is 0 Å². The van der Waals surface area contributed by atoms with Crippen LogP contribution >= 0.6 is 0 Å². The van der Waals surface area contributed by atoms with Gasteiger partial charge in [0.15, 0.2) is 0 Å². The molecule has 0 radical (unpaired) electrons. The average molecular weight is 188 g/mol. The summed E-state index contributed by atoms with van der Waals surface area (Å²) in [4.78, 5) is 0. The van der Waals surface area contributed by atoms with E-state index in [1.54, 1.807) is 0 Å². The number of rotatable bonds is 2. The van der Waals surface area contributed by atoms with Crippen LogP contribution in [0.15, 0.2) is 30.8 Å². The van der Waals surface area contributed by atoms with Crippen molar-refractivity contribution in [2.45, 2.75) is 13.0 Å². The summed E-state index contributed by atoms with van der Waals surface area (Å²) in [7, 11) is -0.191. The first-order valence-electron chi connectivity index (χ1n) is 4.79. The minimum Gasteiger partial charge on any atom is -0.405 e. The molecule has 72 valence electrons. The molecule has 0 aromatic heterocycles. The second kappa shape index (κ2) is 3.99. The zero-order valence-electron chi connectivity index (χ0n) is 8.27. The Kier molecular flexibility index (Phi) is 2.70. The van der Waals surface area contributed by atoms with Gasteiger partial charge in [-0.25, -0.2) is 0 Å². The fraction of sp³-hybridized carbons (Fsp3) is 0.273. The Morgan fingerprint density at radius 2 is 2.14 bits per heavy atom. The average Bonchev–Trinajstić information content (AvgIpc) is 2.65. The first-order valence-corrected chi connectivity index (χ1v) is 4.79. The van der Waals surface area contributed by atoms with Gasteiger partial charge in [-0.1, -0.05) is 36.9 Å². The molecule has 1 aromatic rings. The topological polar surface area (TPSA) is 18.5 Å². The molecule has 3 heteroatoms. The molecule has 1 aliphatic heterocycles. The minimum atomic E-state index is -0.191. The minimum absolute atomic E-state index is 0.191. The predicted molar refractivity (Wildman–Crippen MR) is 58.4 cm³/mol. The van der Waals surface area contributed by atoms with Crippen LogP contribution in [0.25, 0.3) is 6.08 Å². The lowest BCUT2D eigenvalue weighted by atomic mass is 9.79. The van der Waals surface area contributed by atoms with Gasteiger partial charge < -0.3 is 9.31 Å². The van der Waals surface area contributed by atoms with E-state index in [9.17, 15) is 0 Å². The van der Waals surface area contributed by atoms with Gasteiger partial charge in [0.1, 0.15) is 0 Å². The van der Waals surface area contributed by atoms with Crippen molar-refractivity contribution in [2.24, 2.45) is 0 Å². The van der Waals surface area contributed by atoms with Crippen LogP contribution in [0.4, 0.5) is 0 Å². The fourth-order valence-electron chi connectivity index (χ4n) is 1.48. The Labute approximate surface area is 84.7 Å². The molecule has 0 spiro atoms. The SMILES string of the molecule is C=Cc1ccc(B2OCC(C)O2)cc1. The molecule has 1 atom stereocenters. The molecule has 2 nitrogen and oxygen atoms in total. The lowest BCUT2D eigenvalue weighted by molar-refractivity contribution is 0.258. The van der Waals surface area contributed by atoms with E-state index in [4.69, 9.17) is 9.31 Å². The van der Waals surface area contributed by atoms with Gasteiger partial charge in [-0.3, -0.25) is 0 Å². The van der Waals surface area contributed by atoms with Crippen LogP contribution in [-0.2, 0) is 9.31 Å². The lowest BCUT2D eigenvalue weighted by Gasteiger charge is -2.05. The quantitative estimate of drug-likeness (QED) is 0.654. The third kappa shape index (κ3) is 1.89. The van der Waals surface area contributed by atoms with E-state index in [-0.39, 0.29) is 13.2 Å². The monoisotopic (exact) mass is 188 g/mol. The zero-order valence-corrected chi connectivity index (χ0v) is 8.27. The van der Waals surface area contributed by atoms with Crippen molar-refractivity contribution in [3.8, 4) is 0 Å². The zero-order chi connectivity index (χ0) is 9.97. The van der Waals surface area contributed by atoms with Crippen molar-refractivity contribution in [1.82, 2.24) is 0 Å². The number of benzene rings is 1. The highest BCUT2D eigenvalue weighted by Crippen LogP contribution is 2.08. The van der Waals surface area contributed by atoms with E-state index >= 15 is 0 Å². The second-order valence-corrected chi connectivity index (χ2v) is 3.48. The number of hydrogen-bond donors (Lipinski definition) is 0. The molecule has 1 aromatic carbocycles. The summed E-state index contributed by atoms with van der Waals surface area (Å²) in [5.74, 6) is 0. The molecule has 0 N–H and O–H groups in total. The van der Waals surface area contributed by atoms with Crippen molar-refractivity contribution in [1.29, 1.82) is 0 Å². The van der Waals surface area contributed by atoms with E-state index in [1.807, 2.05) is 37.3 Å².